The predicted molar refractivity (Wildman–Crippen MR) is 104 cm³/mol. The lowest BCUT2D eigenvalue weighted by Gasteiger charge is -2.28. The number of hydrogen-bond acceptors (Lipinski definition) is 3. The number of carbonyl (C=O) groups excluding carboxylic acids is 1. The van der Waals surface area contributed by atoms with Gasteiger partial charge in [0.25, 0.3) is 0 Å². The molecule has 0 aromatic heterocycles. The maximum atomic E-state index is 12.9. The number of amides is 1. The first-order valence-corrected chi connectivity index (χ1v) is 9.07. The molecule has 1 amide bonds. The standard InChI is InChI=1S/C20H22BrN3O/c1-15(18-11-6-7-12-19(18)21)23-16(2)20(25)24(14-8-13-22)17-9-4-3-5-10-17/h3-7,9-12,15-16,23H,8,14H2,1-2H3. The molecule has 2 aromatic carbocycles. The van der Waals surface area contributed by atoms with Crippen molar-refractivity contribution in [1.29, 1.82) is 5.26 Å². The summed E-state index contributed by atoms with van der Waals surface area (Å²) in [4.78, 5) is 14.6. The topological polar surface area (TPSA) is 56.1 Å². The Kier molecular flexibility index (Phi) is 7.17. The van der Waals surface area contributed by atoms with Crippen LogP contribution >= 0.6 is 15.9 Å². The monoisotopic (exact) mass is 399 g/mol. The molecule has 0 radical (unpaired) electrons. The molecule has 0 fully saturated rings. The van der Waals surface area contributed by atoms with Gasteiger partial charge in [-0.05, 0) is 37.6 Å². The Labute approximate surface area is 157 Å². The molecule has 2 atom stereocenters. The highest BCUT2D eigenvalue weighted by molar-refractivity contribution is 9.10. The number of para-hydroxylation sites is 1. The van der Waals surface area contributed by atoms with Crippen LogP contribution in [0.25, 0.3) is 0 Å². The summed E-state index contributed by atoms with van der Waals surface area (Å²) in [5.41, 5.74) is 1.91. The summed E-state index contributed by atoms with van der Waals surface area (Å²) in [6.45, 7) is 4.28. The van der Waals surface area contributed by atoms with Gasteiger partial charge in [-0.15, -0.1) is 0 Å². The normalized spacial score (nSPS) is 12.9. The molecule has 0 saturated heterocycles. The Hall–Kier alpha value is -2.16. The van der Waals surface area contributed by atoms with Gasteiger partial charge >= 0.3 is 0 Å². The molecule has 0 aliphatic heterocycles. The van der Waals surface area contributed by atoms with E-state index in [1.54, 1.807) is 4.90 Å². The molecule has 25 heavy (non-hydrogen) atoms. The van der Waals surface area contributed by atoms with Crippen LogP contribution in [-0.4, -0.2) is 18.5 Å². The average molecular weight is 400 g/mol. The maximum absolute atomic E-state index is 12.9. The van der Waals surface area contributed by atoms with Crippen LogP contribution in [0.3, 0.4) is 0 Å². The Bertz CT molecular complexity index is 742. The van der Waals surface area contributed by atoms with Crippen molar-refractivity contribution in [2.75, 3.05) is 11.4 Å². The second-order valence-electron chi connectivity index (χ2n) is 5.87. The van der Waals surface area contributed by atoms with Gasteiger partial charge in [0.05, 0.1) is 18.5 Å². The zero-order chi connectivity index (χ0) is 18.2. The molecule has 130 valence electrons. The fraction of sp³-hybridized carbons (Fsp3) is 0.300. The van der Waals surface area contributed by atoms with E-state index < -0.39 is 0 Å². The number of nitrogens with zero attached hydrogens (tertiary/aromatic N) is 2. The van der Waals surface area contributed by atoms with Crippen LogP contribution in [0.4, 0.5) is 5.69 Å². The number of benzene rings is 2. The average Bonchev–Trinajstić information content (AvgIpc) is 2.63. The molecule has 0 heterocycles. The van der Waals surface area contributed by atoms with Crippen LogP contribution in [-0.2, 0) is 4.79 Å². The van der Waals surface area contributed by atoms with Gasteiger partial charge in [0.15, 0.2) is 0 Å². The number of carbonyl (C=O) groups is 1. The van der Waals surface area contributed by atoms with E-state index in [9.17, 15) is 4.79 Å². The van der Waals surface area contributed by atoms with E-state index in [1.165, 1.54) is 0 Å². The largest absolute Gasteiger partial charge is 0.310 e. The van der Waals surface area contributed by atoms with Crippen molar-refractivity contribution in [2.45, 2.75) is 32.4 Å². The lowest BCUT2D eigenvalue weighted by Crippen LogP contribution is -2.46. The molecule has 2 aromatic rings. The van der Waals surface area contributed by atoms with Crippen molar-refractivity contribution in [1.82, 2.24) is 5.32 Å². The van der Waals surface area contributed by atoms with Crippen LogP contribution in [0.15, 0.2) is 59.1 Å². The van der Waals surface area contributed by atoms with Gasteiger partial charge in [-0.2, -0.15) is 5.26 Å². The third kappa shape index (κ3) is 5.15. The van der Waals surface area contributed by atoms with Crippen LogP contribution < -0.4 is 10.2 Å². The lowest BCUT2D eigenvalue weighted by molar-refractivity contribution is -0.120. The molecule has 0 aliphatic carbocycles. The highest BCUT2D eigenvalue weighted by Crippen LogP contribution is 2.23. The summed E-state index contributed by atoms with van der Waals surface area (Å²) in [5.74, 6) is -0.0413. The zero-order valence-corrected chi connectivity index (χ0v) is 16.0. The molecule has 0 aliphatic rings. The molecule has 2 unspecified atom stereocenters. The minimum absolute atomic E-state index is 0.0168. The van der Waals surface area contributed by atoms with Crippen molar-refractivity contribution in [2.24, 2.45) is 0 Å². The number of nitrogens with one attached hydrogen (secondary N) is 1. The predicted octanol–water partition coefficient (Wildman–Crippen LogP) is 4.44. The second-order valence-corrected chi connectivity index (χ2v) is 6.72. The van der Waals surface area contributed by atoms with Gasteiger partial charge in [-0.1, -0.05) is 52.3 Å². The minimum atomic E-state index is -0.374. The highest BCUT2D eigenvalue weighted by Gasteiger charge is 2.23. The zero-order valence-electron chi connectivity index (χ0n) is 14.4. The molecule has 0 saturated carbocycles. The molecular formula is C20H22BrN3O. The van der Waals surface area contributed by atoms with Gasteiger partial charge in [-0.3, -0.25) is 10.1 Å². The summed E-state index contributed by atoms with van der Waals surface area (Å²) in [5, 5.41) is 12.3. The fourth-order valence-electron chi connectivity index (χ4n) is 2.73. The van der Waals surface area contributed by atoms with E-state index in [-0.39, 0.29) is 18.0 Å². The van der Waals surface area contributed by atoms with E-state index in [0.29, 0.717) is 13.0 Å². The van der Waals surface area contributed by atoms with Crippen LogP contribution in [0.1, 0.15) is 31.9 Å². The first-order valence-electron chi connectivity index (χ1n) is 8.28. The van der Waals surface area contributed by atoms with Crippen molar-refractivity contribution >= 4 is 27.5 Å². The van der Waals surface area contributed by atoms with Crippen molar-refractivity contribution < 1.29 is 4.79 Å². The van der Waals surface area contributed by atoms with Gasteiger partial charge in [0, 0.05) is 22.7 Å². The molecular weight excluding hydrogens is 378 g/mol. The number of anilines is 1. The molecule has 0 bridgehead atoms. The highest BCUT2D eigenvalue weighted by atomic mass is 79.9. The molecule has 4 nitrogen and oxygen atoms in total. The first kappa shape index (κ1) is 19.2. The molecule has 5 heteroatoms. The Morgan fingerprint density at radius 3 is 2.44 bits per heavy atom. The van der Waals surface area contributed by atoms with Crippen LogP contribution in [0.5, 0.6) is 0 Å². The summed E-state index contributed by atoms with van der Waals surface area (Å²) in [6.07, 6.45) is 0.299. The molecule has 0 spiro atoms. The van der Waals surface area contributed by atoms with E-state index in [4.69, 9.17) is 5.26 Å². The second kappa shape index (κ2) is 9.36. The van der Waals surface area contributed by atoms with E-state index >= 15 is 0 Å². The summed E-state index contributed by atoms with van der Waals surface area (Å²) in [7, 11) is 0. The molecule has 2 rings (SSSR count). The first-order chi connectivity index (χ1) is 12.0. The van der Waals surface area contributed by atoms with Gasteiger partial charge in [0.2, 0.25) is 5.91 Å². The van der Waals surface area contributed by atoms with E-state index in [2.05, 4.69) is 27.3 Å². The molecule has 1 N–H and O–H groups in total. The number of nitriles is 1. The van der Waals surface area contributed by atoms with Gasteiger partial charge in [-0.25, -0.2) is 0 Å². The number of hydrogen-bond donors (Lipinski definition) is 1. The van der Waals surface area contributed by atoms with E-state index in [1.807, 2.05) is 68.4 Å². The van der Waals surface area contributed by atoms with Gasteiger partial charge < -0.3 is 4.90 Å². The van der Waals surface area contributed by atoms with Gasteiger partial charge in [0.1, 0.15) is 0 Å². The van der Waals surface area contributed by atoms with Crippen LogP contribution in [0.2, 0.25) is 0 Å². The Morgan fingerprint density at radius 2 is 1.80 bits per heavy atom. The number of halogens is 1. The summed E-state index contributed by atoms with van der Waals surface area (Å²) >= 11 is 3.55. The minimum Gasteiger partial charge on any atom is -0.310 e. The van der Waals surface area contributed by atoms with Crippen LogP contribution in [0, 0.1) is 11.3 Å². The third-order valence-corrected chi connectivity index (χ3v) is 4.75. The maximum Gasteiger partial charge on any atom is 0.243 e. The SMILES string of the molecule is CC(NC(C)c1ccccc1Br)C(=O)N(CCC#N)c1ccccc1. The lowest BCUT2D eigenvalue weighted by atomic mass is 10.1. The summed E-state index contributed by atoms with van der Waals surface area (Å²) in [6, 6.07) is 19.2. The smallest absolute Gasteiger partial charge is 0.243 e. The van der Waals surface area contributed by atoms with E-state index in [0.717, 1.165) is 15.7 Å². The number of rotatable bonds is 7. The Balaban J connectivity index is 2.12. The fourth-order valence-corrected chi connectivity index (χ4v) is 3.36. The van der Waals surface area contributed by atoms with Crippen molar-refractivity contribution in [3.05, 3.63) is 64.6 Å². The quantitative estimate of drug-likeness (QED) is 0.748. The third-order valence-electron chi connectivity index (χ3n) is 4.02. The van der Waals surface area contributed by atoms with Crippen molar-refractivity contribution in [3.8, 4) is 6.07 Å². The van der Waals surface area contributed by atoms with Crippen molar-refractivity contribution in [3.63, 3.8) is 0 Å². The summed E-state index contributed by atoms with van der Waals surface area (Å²) < 4.78 is 1.01. The Morgan fingerprint density at radius 1 is 1.16 bits per heavy atom.